The molecule has 1 aliphatic rings. The van der Waals surface area contributed by atoms with Crippen molar-refractivity contribution in [1.82, 2.24) is 10.6 Å². The van der Waals surface area contributed by atoms with Gasteiger partial charge in [-0.05, 0) is 6.92 Å². The highest BCUT2D eigenvalue weighted by Gasteiger charge is 2.21. The number of rotatable bonds is 2. The topological polar surface area (TPSA) is 41.1 Å². The normalized spacial score (nSPS) is 22.5. The van der Waals surface area contributed by atoms with E-state index in [0.717, 1.165) is 18.2 Å². The Morgan fingerprint density at radius 3 is 3.00 bits per heavy atom. The second-order valence-electron chi connectivity index (χ2n) is 2.17. The number of likely N-dealkylation sites (N-methyl/N-ethyl adjacent to an activating group) is 1. The van der Waals surface area contributed by atoms with Crippen molar-refractivity contribution in [3.63, 3.8) is 0 Å². The Morgan fingerprint density at radius 2 is 2.55 bits per heavy atom. The summed E-state index contributed by atoms with van der Waals surface area (Å²) in [4.78, 5) is 11.1. The third kappa shape index (κ3) is 3.31. The zero-order valence-electron chi connectivity index (χ0n) is 6.42. The van der Waals surface area contributed by atoms with Crippen molar-refractivity contribution in [3.05, 3.63) is 0 Å². The molecule has 0 aromatic carbocycles. The van der Waals surface area contributed by atoms with E-state index in [1.165, 1.54) is 0 Å². The Morgan fingerprint density at radius 1 is 1.82 bits per heavy atom. The maximum atomic E-state index is 11.1. The number of hydrogen-bond acceptors (Lipinski definition) is 3. The summed E-state index contributed by atoms with van der Waals surface area (Å²) in [6, 6.07) is 0.0462. The fourth-order valence-corrected chi connectivity index (χ4v) is 1.80. The highest BCUT2D eigenvalue weighted by molar-refractivity contribution is 7.99. The van der Waals surface area contributed by atoms with Gasteiger partial charge in [-0.25, -0.2) is 0 Å². The zero-order valence-corrected chi connectivity index (χ0v) is 8.06. The summed E-state index contributed by atoms with van der Waals surface area (Å²) < 4.78 is 0. The first-order valence-electron chi connectivity index (χ1n) is 3.43. The minimum atomic E-state index is 0. The average molecular weight is 197 g/mol. The van der Waals surface area contributed by atoms with Crippen molar-refractivity contribution >= 4 is 30.1 Å². The van der Waals surface area contributed by atoms with E-state index in [1.807, 2.05) is 6.92 Å². The molecule has 3 nitrogen and oxygen atoms in total. The molecule has 2 N–H and O–H groups in total. The largest absolute Gasteiger partial charge is 0.355 e. The molecule has 1 atom stereocenters. The molecular weight excluding hydrogens is 184 g/mol. The molecule has 1 amide bonds. The van der Waals surface area contributed by atoms with Gasteiger partial charge in [-0.1, -0.05) is 0 Å². The van der Waals surface area contributed by atoms with Crippen LogP contribution in [-0.2, 0) is 4.79 Å². The monoisotopic (exact) mass is 196 g/mol. The highest BCUT2D eigenvalue weighted by atomic mass is 35.5. The smallest absolute Gasteiger partial charge is 0.238 e. The lowest BCUT2D eigenvalue weighted by Crippen LogP contribution is -2.41. The lowest BCUT2D eigenvalue weighted by molar-refractivity contribution is -0.122. The molecule has 1 aliphatic heterocycles. The molecule has 0 radical (unpaired) electrons. The lowest BCUT2D eigenvalue weighted by atomic mass is 10.3. The van der Waals surface area contributed by atoms with Crippen molar-refractivity contribution in [2.75, 3.05) is 18.2 Å². The van der Waals surface area contributed by atoms with E-state index in [0.29, 0.717) is 0 Å². The van der Waals surface area contributed by atoms with Gasteiger partial charge in [0.2, 0.25) is 5.91 Å². The van der Waals surface area contributed by atoms with Crippen molar-refractivity contribution in [2.24, 2.45) is 0 Å². The van der Waals surface area contributed by atoms with Crippen LogP contribution in [0.2, 0.25) is 0 Å². The summed E-state index contributed by atoms with van der Waals surface area (Å²) in [5.74, 6) is 1.95. The third-order valence-electron chi connectivity index (χ3n) is 1.38. The van der Waals surface area contributed by atoms with Gasteiger partial charge in [0.1, 0.15) is 0 Å². The molecule has 1 rings (SSSR count). The first kappa shape index (κ1) is 11.1. The third-order valence-corrected chi connectivity index (χ3v) is 2.32. The van der Waals surface area contributed by atoms with Crippen molar-refractivity contribution in [3.8, 4) is 0 Å². The number of nitrogens with one attached hydrogen (secondary N) is 2. The number of thioether (sulfide) groups is 1. The Kier molecular flexibility index (Phi) is 5.72. The standard InChI is InChI=1S/C6H12N2OS.ClH/c1-2-7-6(9)5-3-10-4-8-5;/h5,8H,2-4H2,1H3,(H,7,9);1H/t5-;/m1./s1. The maximum Gasteiger partial charge on any atom is 0.238 e. The summed E-state index contributed by atoms with van der Waals surface area (Å²) in [5.41, 5.74) is 0. The van der Waals surface area contributed by atoms with E-state index < -0.39 is 0 Å². The van der Waals surface area contributed by atoms with Crippen LogP contribution in [0.25, 0.3) is 0 Å². The summed E-state index contributed by atoms with van der Waals surface area (Å²) in [7, 11) is 0. The Labute approximate surface area is 77.1 Å². The molecule has 1 fully saturated rings. The van der Waals surface area contributed by atoms with E-state index >= 15 is 0 Å². The molecule has 11 heavy (non-hydrogen) atoms. The fourth-order valence-electron chi connectivity index (χ4n) is 0.861. The quantitative estimate of drug-likeness (QED) is 0.664. The SMILES string of the molecule is CCNC(=O)[C@H]1CSCN1.Cl. The second kappa shape index (κ2) is 5.69. The van der Waals surface area contributed by atoms with Crippen molar-refractivity contribution in [2.45, 2.75) is 13.0 Å². The molecule has 0 spiro atoms. The number of amides is 1. The van der Waals surface area contributed by atoms with Crippen LogP contribution in [0.1, 0.15) is 6.92 Å². The molecule has 0 saturated carbocycles. The molecule has 0 aliphatic carbocycles. The van der Waals surface area contributed by atoms with Crippen LogP contribution in [0.5, 0.6) is 0 Å². The first-order valence-corrected chi connectivity index (χ1v) is 4.59. The predicted octanol–water partition coefficient (Wildman–Crippen LogP) is 0.207. The minimum Gasteiger partial charge on any atom is -0.355 e. The number of carbonyl (C=O) groups is 1. The predicted molar refractivity (Wildman–Crippen MR) is 50.2 cm³/mol. The molecule has 0 unspecified atom stereocenters. The highest BCUT2D eigenvalue weighted by Crippen LogP contribution is 2.08. The molecule has 0 aromatic rings. The molecule has 5 heteroatoms. The van der Waals surface area contributed by atoms with Gasteiger partial charge in [-0.3, -0.25) is 10.1 Å². The summed E-state index contributed by atoms with van der Waals surface area (Å²) in [5, 5.41) is 5.86. The van der Waals surface area contributed by atoms with Crippen LogP contribution in [0, 0.1) is 0 Å². The van der Waals surface area contributed by atoms with Gasteiger partial charge in [0.25, 0.3) is 0 Å². The Balaban J connectivity index is 0.000001000. The van der Waals surface area contributed by atoms with Crippen LogP contribution < -0.4 is 10.6 Å². The van der Waals surface area contributed by atoms with Gasteiger partial charge in [-0.2, -0.15) is 0 Å². The maximum absolute atomic E-state index is 11.1. The zero-order chi connectivity index (χ0) is 7.40. The minimum absolute atomic E-state index is 0. The molecule has 1 heterocycles. The molecule has 0 aromatic heterocycles. The summed E-state index contributed by atoms with van der Waals surface area (Å²) in [6.45, 7) is 2.65. The lowest BCUT2D eigenvalue weighted by Gasteiger charge is -2.07. The van der Waals surface area contributed by atoms with Gasteiger partial charge in [0.05, 0.1) is 6.04 Å². The van der Waals surface area contributed by atoms with Crippen LogP contribution in [0.4, 0.5) is 0 Å². The molecule has 66 valence electrons. The van der Waals surface area contributed by atoms with E-state index in [2.05, 4.69) is 10.6 Å². The van der Waals surface area contributed by atoms with Crippen LogP contribution in [0.3, 0.4) is 0 Å². The van der Waals surface area contributed by atoms with Gasteiger partial charge in [-0.15, -0.1) is 24.2 Å². The number of carbonyl (C=O) groups excluding carboxylic acids is 1. The van der Waals surface area contributed by atoms with Crippen LogP contribution in [-0.4, -0.2) is 30.1 Å². The molecule has 0 bridgehead atoms. The van der Waals surface area contributed by atoms with E-state index in [1.54, 1.807) is 11.8 Å². The van der Waals surface area contributed by atoms with E-state index in [-0.39, 0.29) is 24.4 Å². The van der Waals surface area contributed by atoms with Crippen LogP contribution in [0.15, 0.2) is 0 Å². The van der Waals surface area contributed by atoms with Gasteiger partial charge in [0.15, 0.2) is 0 Å². The van der Waals surface area contributed by atoms with Gasteiger partial charge in [0, 0.05) is 18.2 Å². The van der Waals surface area contributed by atoms with E-state index in [4.69, 9.17) is 0 Å². The Bertz CT molecular complexity index is 128. The van der Waals surface area contributed by atoms with Crippen molar-refractivity contribution < 1.29 is 4.79 Å². The first-order chi connectivity index (χ1) is 4.84. The van der Waals surface area contributed by atoms with Gasteiger partial charge >= 0.3 is 0 Å². The van der Waals surface area contributed by atoms with Crippen molar-refractivity contribution in [1.29, 1.82) is 0 Å². The average Bonchev–Trinajstić information content (AvgIpc) is 2.38. The van der Waals surface area contributed by atoms with E-state index in [9.17, 15) is 4.79 Å². The molecule has 1 saturated heterocycles. The number of hydrogen-bond donors (Lipinski definition) is 2. The van der Waals surface area contributed by atoms with Gasteiger partial charge < -0.3 is 5.32 Å². The summed E-state index contributed by atoms with van der Waals surface area (Å²) in [6.07, 6.45) is 0. The molecular formula is C6H13ClN2OS. The summed E-state index contributed by atoms with van der Waals surface area (Å²) >= 11 is 1.76. The fraction of sp³-hybridized carbons (Fsp3) is 0.833. The Hall–Kier alpha value is 0.0700. The van der Waals surface area contributed by atoms with Crippen LogP contribution >= 0.6 is 24.2 Å². The number of halogens is 1. The second-order valence-corrected chi connectivity index (χ2v) is 3.20.